The highest BCUT2D eigenvalue weighted by Crippen LogP contribution is 2.19. The highest BCUT2D eigenvalue weighted by atomic mass is 19.1. The smallest absolute Gasteiger partial charge is 0.146 e. The molecule has 0 aliphatic heterocycles. The van der Waals surface area contributed by atoms with Crippen molar-refractivity contribution in [1.29, 1.82) is 0 Å². The van der Waals surface area contributed by atoms with Crippen molar-refractivity contribution in [2.45, 2.75) is 13.0 Å². The van der Waals surface area contributed by atoms with Gasteiger partial charge in [-0.25, -0.2) is 4.39 Å². The highest BCUT2D eigenvalue weighted by Gasteiger charge is 2.19. The second-order valence-corrected chi connectivity index (χ2v) is 3.49. The van der Waals surface area contributed by atoms with Crippen LogP contribution in [-0.4, -0.2) is 21.5 Å². The number of nitrogens with zero attached hydrogens (tertiary/aromatic N) is 3. The van der Waals surface area contributed by atoms with E-state index in [1.165, 1.54) is 6.07 Å². The highest BCUT2D eigenvalue weighted by molar-refractivity contribution is 5.21. The summed E-state index contributed by atoms with van der Waals surface area (Å²) in [5, 5.41) is 3.15. The lowest BCUT2D eigenvalue weighted by molar-refractivity contribution is 0.534. The molecular formula is C12H13FN4. The van der Waals surface area contributed by atoms with Gasteiger partial charge in [0.1, 0.15) is 5.82 Å². The molecule has 2 aromatic heterocycles. The van der Waals surface area contributed by atoms with Crippen LogP contribution in [0, 0.1) is 5.82 Å². The van der Waals surface area contributed by atoms with Gasteiger partial charge in [0.2, 0.25) is 0 Å². The van der Waals surface area contributed by atoms with Gasteiger partial charge in [0, 0.05) is 18.6 Å². The molecule has 2 rings (SSSR count). The number of pyridine rings is 1. The fraction of sp³-hybridized carbons (Fsp3) is 0.250. The molecule has 2 aromatic rings. The first-order valence-electron chi connectivity index (χ1n) is 5.42. The maximum Gasteiger partial charge on any atom is 0.146 e. The summed E-state index contributed by atoms with van der Waals surface area (Å²) in [7, 11) is 0. The van der Waals surface area contributed by atoms with Gasteiger partial charge in [-0.2, -0.15) is 0 Å². The maximum atomic E-state index is 13.7. The van der Waals surface area contributed by atoms with Crippen LogP contribution in [0.2, 0.25) is 0 Å². The number of aromatic nitrogens is 3. The third kappa shape index (κ3) is 2.62. The molecule has 0 saturated heterocycles. The topological polar surface area (TPSA) is 50.7 Å². The minimum absolute atomic E-state index is 0.342. The van der Waals surface area contributed by atoms with Crippen LogP contribution < -0.4 is 5.32 Å². The standard InChI is InChI=1S/C12H13FN4/c1-2-15-12(10-8-14-6-7-16-10)11-9(13)4-3-5-17-11/h3-8,12,15H,2H2,1H3. The first kappa shape index (κ1) is 11.6. The summed E-state index contributed by atoms with van der Waals surface area (Å²) in [6.45, 7) is 2.64. The molecule has 0 fully saturated rings. The average Bonchev–Trinajstić information content (AvgIpc) is 2.38. The largest absolute Gasteiger partial charge is 0.304 e. The zero-order chi connectivity index (χ0) is 12.1. The van der Waals surface area contributed by atoms with Gasteiger partial charge < -0.3 is 5.32 Å². The van der Waals surface area contributed by atoms with E-state index in [-0.39, 0.29) is 11.9 Å². The lowest BCUT2D eigenvalue weighted by Gasteiger charge is -2.16. The van der Waals surface area contributed by atoms with Crippen molar-refractivity contribution in [2.75, 3.05) is 6.54 Å². The van der Waals surface area contributed by atoms with Gasteiger partial charge in [-0.3, -0.25) is 15.0 Å². The average molecular weight is 232 g/mol. The summed E-state index contributed by atoms with van der Waals surface area (Å²) < 4.78 is 13.7. The predicted octanol–water partition coefficient (Wildman–Crippen LogP) is 1.71. The summed E-state index contributed by atoms with van der Waals surface area (Å²) in [5.41, 5.74) is 1.00. The van der Waals surface area contributed by atoms with Gasteiger partial charge in [-0.05, 0) is 18.7 Å². The fourth-order valence-electron chi connectivity index (χ4n) is 1.62. The van der Waals surface area contributed by atoms with Crippen LogP contribution in [0.1, 0.15) is 24.4 Å². The van der Waals surface area contributed by atoms with E-state index in [4.69, 9.17) is 0 Å². The van der Waals surface area contributed by atoms with Crippen LogP contribution in [0.5, 0.6) is 0 Å². The van der Waals surface area contributed by atoms with E-state index in [9.17, 15) is 4.39 Å². The SMILES string of the molecule is CCNC(c1cnccn1)c1ncccc1F. The van der Waals surface area contributed by atoms with Gasteiger partial charge >= 0.3 is 0 Å². The number of nitrogens with one attached hydrogen (secondary N) is 1. The van der Waals surface area contributed by atoms with Crippen molar-refractivity contribution in [3.63, 3.8) is 0 Å². The van der Waals surface area contributed by atoms with Crippen molar-refractivity contribution < 1.29 is 4.39 Å². The second-order valence-electron chi connectivity index (χ2n) is 3.49. The molecule has 2 heterocycles. The molecule has 0 aromatic carbocycles. The van der Waals surface area contributed by atoms with Crippen molar-refractivity contribution in [3.05, 3.63) is 54.1 Å². The maximum absolute atomic E-state index is 13.7. The molecular weight excluding hydrogens is 219 g/mol. The Bertz CT molecular complexity index is 475. The molecule has 0 spiro atoms. The van der Waals surface area contributed by atoms with Gasteiger partial charge in [-0.15, -0.1) is 0 Å². The third-order valence-electron chi connectivity index (χ3n) is 2.35. The summed E-state index contributed by atoms with van der Waals surface area (Å²) >= 11 is 0. The van der Waals surface area contributed by atoms with E-state index in [1.807, 2.05) is 6.92 Å². The number of hydrogen-bond acceptors (Lipinski definition) is 4. The molecule has 5 heteroatoms. The van der Waals surface area contributed by atoms with E-state index in [1.54, 1.807) is 30.9 Å². The molecule has 88 valence electrons. The Labute approximate surface area is 99.0 Å². The van der Waals surface area contributed by atoms with Gasteiger partial charge in [-0.1, -0.05) is 6.92 Å². The molecule has 0 aliphatic carbocycles. The number of rotatable bonds is 4. The van der Waals surface area contributed by atoms with Crippen LogP contribution in [-0.2, 0) is 0 Å². The Kier molecular flexibility index (Phi) is 3.72. The van der Waals surface area contributed by atoms with E-state index in [0.717, 1.165) is 0 Å². The molecule has 0 amide bonds. The molecule has 17 heavy (non-hydrogen) atoms. The minimum atomic E-state index is -0.366. The monoisotopic (exact) mass is 232 g/mol. The summed E-state index contributed by atoms with van der Waals surface area (Å²) in [5.74, 6) is -0.343. The second kappa shape index (κ2) is 5.45. The number of halogens is 1. The van der Waals surface area contributed by atoms with E-state index >= 15 is 0 Å². The lowest BCUT2D eigenvalue weighted by atomic mass is 10.1. The Morgan fingerprint density at radius 2 is 2.18 bits per heavy atom. The number of hydrogen-bond donors (Lipinski definition) is 1. The first-order chi connectivity index (χ1) is 8.33. The van der Waals surface area contributed by atoms with E-state index in [0.29, 0.717) is 17.9 Å². The molecule has 0 bridgehead atoms. The van der Waals surface area contributed by atoms with Crippen LogP contribution in [0.15, 0.2) is 36.9 Å². The Morgan fingerprint density at radius 1 is 1.29 bits per heavy atom. The first-order valence-corrected chi connectivity index (χ1v) is 5.42. The van der Waals surface area contributed by atoms with Crippen LogP contribution >= 0.6 is 0 Å². The van der Waals surface area contributed by atoms with Crippen LogP contribution in [0.4, 0.5) is 4.39 Å². The van der Waals surface area contributed by atoms with Gasteiger partial charge in [0.25, 0.3) is 0 Å². The predicted molar refractivity (Wildman–Crippen MR) is 61.7 cm³/mol. The Hall–Kier alpha value is -1.88. The summed E-state index contributed by atoms with van der Waals surface area (Å²) in [4.78, 5) is 12.2. The van der Waals surface area contributed by atoms with Gasteiger partial charge in [0.15, 0.2) is 0 Å². The van der Waals surface area contributed by atoms with Crippen LogP contribution in [0.3, 0.4) is 0 Å². The molecule has 0 aliphatic rings. The molecule has 0 radical (unpaired) electrons. The molecule has 1 atom stereocenters. The van der Waals surface area contributed by atoms with Gasteiger partial charge in [0.05, 0.1) is 23.6 Å². The summed E-state index contributed by atoms with van der Waals surface area (Å²) in [6.07, 6.45) is 6.35. The lowest BCUT2D eigenvalue weighted by Crippen LogP contribution is -2.25. The van der Waals surface area contributed by atoms with Crippen molar-refractivity contribution in [1.82, 2.24) is 20.3 Å². The van der Waals surface area contributed by atoms with Crippen molar-refractivity contribution >= 4 is 0 Å². The quantitative estimate of drug-likeness (QED) is 0.871. The Balaban J connectivity index is 2.39. The van der Waals surface area contributed by atoms with Crippen molar-refractivity contribution in [2.24, 2.45) is 0 Å². The zero-order valence-corrected chi connectivity index (χ0v) is 9.47. The molecule has 0 saturated carbocycles. The normalized spacial score (nSPS) is 12.4. The molecule has 4 nitrogen and oxygen atoms in total. The fourth-order valence-corrected chi connectivity index (χ4v) is 1.62. The van der Waals surface area contributed by atoms with E-state index in [2.05, 4.69) is 20.3 Å². The van der Waals surface area contributed by atoms with Crippen LogP contribution in [0.25, 0.3) is 0 Å². The Morgan fingerprint density at radius 3 is 2.82 bits per heavy atom. The molecule has 1 unspecified atom stereocenters. The summed E-state index contributed by atoms with van der Waals surface area (Å²) in [6, 6.07) is 2.59. The minimum Gasteiger partial charge on any atom is -0.304 e. The van der Waals surface area contributed by atoms with Crippen molar-refractivity contribution in [3.8, 4) is 0 Å². The third-order valence-corrected chi connectivity index (χ3v) is 2.35. The molecule has 1 N–H and O–H groups in total. The zero-order valence-electron chi connectivity index (χ0n) is 9.47. The van der Waals surface area contributed by atoms with E-state index < -0.39 is 0 Å².